The number of hydrogen-bond donors (Lipinski definition) is 2. The summed E-state index contributed by atoms with van der Waals surface area (Å²) in [5.41, 5.74) is 3.09. The van der Waals surface area contributed by atoms with Gasteiger partial charge >= 0.3 is 0 Å². The van der Waals surface area contributed by atoms with E-state index in [4.69, 9.17) is 19.0 Å². The largest absolute Gasteiger partial charge is 0.459 e. The summed E-state index contributed by atoms with van der Waals surface area (Å²) in [4.78, 5) is 33.1. The number of aliphatic hydroxyl groups is 2. The molecule has 3 aromatic carbocycles. The van der Waals surface area contributed by atoms with Crippen LogP contribution in [0.3, 0.4) is 0 Å². The predicted octanol–water partition coefficient (Wildman–Crippen LogP) is 8.23. The van der Waals surface area contributed by atoms with Crippen molar-refractivity contribution in [3.8, 4) is 17.2 Å². The van der Waals surface area contributed by atoms with E-state index < -0.39 is 22.7 Å². The van der Waals surface area contributed by atoms with Gasteiger partial charge in [-0.3, -0.25) is 14.9 Å². The fourth-order valence-corrected chi connectivity index (χ4v) is 9.31. The summed E-state index contributed by atoms with van der Waals surface area (Å²) in [6.07, 6.45) is 10.1. The summed E-state index contributed by atoms with van der Waals surface area (Å²) >= 11 is 0. The predicted molar refractivity (Wildman–Crippen MR) is 215 cm³/mol. The quantitative estimate of drug-likeness (QED) is 0.0529. The number of oxime groups is 1. The van der Waals surface area contributed by atoms with Gasteiger partial charge in [0, 0.05) is 49.6 Å². The number of amides is 1. The average Bonchev–Trinajstić information content (AvgIpc) is 4.08. The van der Waals surface area contributed by atoms with Gasteiger partial charge in [0.15, 0.2) is 0 Å². The Morgan fingerprint density at radius 1 is 1.05 bits per heavy atom. The zero-order valence-electron chi connectivity index (χ0n) is 32.8. The number of halogens is 1. The minimum atomic E-state index is -1.44. The number of nitrogens with zero attached hydrogens (tertiary/aromatic N) is 3. The van der Waals surface area contributed by atoms with Crippen LogP contribution in [0.1, 0.15) is 74.8 Å². The maximum Gasteiger partial charge on any atom is 0.273 e. The molecule has 0 unspecified atom stereocenters. The van der Waals surface area contributed by atoms with Gasteiger partial charge in [0.1, 0.15) is 36.2 Å². The van der Waals surface area contributed by atoms with E-state index in [0.29, 0.717) is 35.8 Å². The van der Waals surface area contributed by atoms with Crippen LogP contribution in [-0.2, 0) is 20.9 Å². The van der Waals surface area contributed by atoms with Gasteiger partial charge in [-0.05, 0) is 97.9 Å². The van der Waals surface area contributed by atoms with Crippen molar-refractivity contribution in [3.63, 3.8) is 0 Å². The first kappa shape index (κ1) is 41.1. The maximum absolute atomic E-state index is 14.6. The molecule has 3 aliphatic carbocycles. The molecule has 6 atom stereocenters. The van der Waals surface area contributed by atoms with E-state index >= 15 is 0 Å². The second kappa shape index (κ2) is 18.2. The third-order valence-corrected chi connectivity index (χ3v) is 12.0. The molecule has 4 aliphatic rings. The Hall–Kier alpha value is -5.11. The molecule has 7 rings (SSSR count). The first-order chi connectivity index (χ1) is 28.2. The Balaban J connectivity index is 1.43. The normalized spacial score (nSPS) is 25.1. The number of nitro benzene ring substituents is 1. The lowest BCUT2D eigenvalue weighted by atomic mass is 9.55. The van der Waals surface area contributed by atoms with Crippen molar-refractivity contribution < 1.29 is 43.4 Å². The molecule has 1 aliphatic heterocycles. The highest BCUT2D eigenvalue weighted by atomic mass is 19.1. The standard InChI is InChI=1S/C45H52FN3O9/c1-3-23-56-45-41(48(44(52)30-15-16-30)28-29-13-17-32(46)18-14-29)27-39(47-55-2)37-24-31(9-4-6-21-50)36(12-5-7-22-51)42(43(37)45)38-26-35(19-20-40(38)58-45)57-34-11-8-10-33(25-34)49(53)54/h3,8,10-11,13-14,17-20,24-26,30-31,36,41-43,50-51H,1,4-7,9,12,15-16,21-23,27-28H2,2H3/t31-,36+,41-,42+,43+,45+/m0/s1. The molecule has 2 N–H and O–H groups in total. The molecule has 0 spiro atoms. The van der Waals surface area contributed by atoms with Crippen LogP contribution in [0.2, 0.25) is 0 Å². The van der Waals surface area contributed by atoms with Gasteiger partial charge in [0.25, 0.3) is 5.69 Å². The number of aliphatic hydroxyl groups excluding tert-OH is 2. The lowest BCUT2D eigenvalue weighted by molar-refractivity contribution is -0.384. The molecule has 13 heteroatoms. The zero-order chi connectivity index (χ0) is 40.8. The highest BCUT2D eigenvalue weighted by Gasteiger charge is 2.66. The van der Waals surface area contributed by atoms with E-state index in [9.17, 15) is 29.5 Å². The molecule has 0 bridgehead atoms. The van der Waals surface area contributed by atoms with E-state index in [1.54, 1.807) is 36.4 Å². The summed E-state index contributed by atoms with van der Waals surface area (Å²) in [6, 6.07) is 17.0. The van der Waals surface area contributed by atoms with Crippen molar-refractivity contribution in [2.45, 2.75) is 82.1 Å². The monoisotopic (exact) mass is 797 g/mol. The number of ether oxygens (including phenoxy) is 3. The number of carbonyl (C=O) groups is 1. The van der Waals surface area contributed by atoms with Gasteiger partial charge in [-0.2, -0.15) is 0 Å². The average molecular weight is 798 g/mol. The number of benzene rings is 3. The fourth-order valence-electron chi connectivity index (χ4n) is 9.31. The van der Waals surface area contributed by atoms with Gasteiger partial charge in [0.2, 0.25) is 11.7 Å². The molecule has 1 heterocycles. The van der Waals surface area contributed by atoms with Crippen LogP contribution in [-0.4, -0.2) is 70.4 Å². The summed E-state index contributed by atoms with van der Waals surface area (Å²) in [5.74, 6) is -1.46. The van der Waals surface area contributed by atoms with Crippen molar-refractivity contribution in [1.29, 1.82) is 0 Å². The van der Waals surface area contributed by atoms with Crippen molar-refractivity contribution in [3.05, 3.63) is 118 Å². The molecular weight excluding hydrogens is 746 g/mol. The smallest absolute Gasteiger partial charge is 0.273 e. The van der Waals surface area contributed by atoms with Gasteiger partial charge in [-0.1, -0.05) is 48.3 Å². The molecule has 2 fully saturated rings. The van der Waals surface area contributed by atoms with Crippen LogP contribution in [0.5, 0.6) is 17.2 Å². The first-order valence-corrected chi connectivity index (χ1v) is 20.3. The van der Waals surface area contributed by atoms with E-state index in [1.165, 1.54) is 31.4 Å². The Labute approximate surface area is 338 Å². The summed E-state index contributed by atoms with van der Waals surface area (Å²) < 4.78 is 34.7. The number of rotatable bonds is 19. The fraction of sp³-hybridized carbons (Fsp3) is 0.467. The topological polar surface area (TPSA) is 153 Å². The lowest BCUT2D eigenvalue weighted by Crippen LogP contribution is -2.70. The number of unbranched alkanes of at least 4 members (excludes halogenated alkanes) is 2. The molecule has 2 saturated carbocycles. The van der Waals surface area contributed by atoms with Crippen molar-refractivity contribution in [2.24, 2.45) is 28.8 Å². The van der Waals surface area contributed by atoms with E-state index in [0.717, 1.165) is 55.2 Å². The van der Waals surface area contributed by atoms with Crippen molar-refractivity contribution in [2.75, 3.05) is 26.9 Å². The molecular formula is C45H52FN3O9. The molecule has 0 aromatic heterocycles. The van der Waals surface area contributed by atoms with E-state index in [-0.39, 0.29) is 73.9 Å². The Kier molecular flexibility index (Phi) is 12.9. The third-order valence-electron chi connectivity index (χ3n) is 12.0. The number of fused-ring (bicyclic) bond motifs is 2. The highest BCUT2D eigenvalue weighted by Crippen LogP contribution is 2.62. The number of nitro groups is 1. The molecule has 1 amide bonds. The van der Waals surface area contributed by atoms with Gasteiger partial charge in [0.05, 0.1) is 29.2 Å². The lowest BCUT2D eigenvalue weighted by Gasteiger charge is -2.60. The van der Waals surface area contributed by atoms with Crippen LogP contribution < -0.4 is 9.47 Å². The van der Waals surface area contributed by atoms with Gasteiger partial charge < -0.3 is 34.2 Å². The third kappa shape index (κ3) is 8.53. The van der Waals surface area contributed by atoms with Gasteiger partial charge in [-0.25, -0.2) is 4.39 Å². The summed E-state index contributed by atoms with van der Waals surface area (Å²) in [6.45, 7) is 4.42. The number of non-ortho nitro benzene ring substituents is 1. The van der Waals surface area contributed by atoms with Crippen LogP contribution in [0.4, 0.5) is 10.1 Å². The van der Waals surface area contributed by atoms with E-state index in [1.807, 2.05) is 17.0 Å². The van der Waals surface area contributed by atoms with Crippen molar-refractivity contribution in [1.82, 2.24) is 4.90 Å². The van der Waals surface area contributed by atoms with Crippen LogP contribution >= 0.6 is 0 Å². The summed E-state index contributed by atoms with van der Waals surface area (Å²) in [7, 11) is 1.51. The van der Waals surface area contributed by atoms with E-state index in [2.05, 4.69) is 17.8 Å². The Bertz CT molecular complexity index is 2020. The Morgan fingerprint density at radius 3 is 2.48 bits per heavy atom. The number of hydrogen-bond acceptors (Lipinski definition) is 10. The van der Waals surface area contributed by atoms with Crippen LogP contribution in [0, 0.1) is 39.6 Å². The molecule has 0 saturated heterocycles. The number of allylic oxidation sites excluding steroid dienone is 1. The second-order valence-electron chi connectivity index (χ2n) is 15.7. The SMILES string of the molecule is C=CCO[C@@]12Oc3ccc(Oc4cccc([N+](=O)[O-])c4)cc3[C@H]3[C@H](CCCCO)[C@@H](CCCCO)C=C(C(=NOC)C[C@@H]1N(Cc1ccc(F)cc1)C(=O)C1CC1)[C@H]32. The molecule has 0 radical (unpaired) electrons. The Morgan fingerprint density at radius 2 is 1.79 bits per heavy atom. The first-order valence-electron chi connectivity index (χ1n) is 20.3. The highest BCUT2D eigenvalue weighted by molar-refractivity contribution is 6.03. The van der Waals surface area contributed by atoms with Crippen LogP contribution in [0.15, 0.2) is 96.2 Å². The molecule has 12 nitrogen and oxygen atoms in total. The number of carbonyl (C=O) groups excluding carboxylic acids is 1. The minimum Gasteiger partial charge on any atom is -0.459 e. The maximum atomic E-state index is 14.6. The summed E-state index contributed by atoms with van der Waals surface area (Å²) in [5, 5.41) is 35.9. The minimum absolute atomic E-state index is 0.00589. The van der Waals surface area contributed by atoms with Crippen molar-refractivity contribution >= 4 is 17.3 Å². The van der Waals surface area contributed by atoms with Crippen LogP contribution in [0.25, 0.3) is 0 Å². The van der Waals surface area contributed by atoms with Gasteiger partial charge in [-0.15, -0.1) is 6.58 Å². The molecule has 308 valence electrons. The molecule has 58 heavy (non-hydrogen) atoms. The molecule has 3 aromatic rings. The second-order valence-corrected chi connectivity index (χ2v) is 15.7. The zero-order valence-corrected chi connectivity index (χ0v) is 32.8.